The van der Waals surface area contributed by atoms with Crippen LogP contribution in [0.15, 0.2) is 30.3 Å². The van der Waals surface area contributed by atoms with Crippen LogP contribution in [0.4, 0.5) is 10.1 Å². The molecular weight excluding hydrogens is 284 g/mol. The fourth-order valence-corrected chi connectivity index (χ4v) is 2.28. The topological polar surface area (TPSA) is 47.6 Å². The van der Waals surface area contributed by atoms with Gasteiger partial charge in [0, 0.05) is 17.9 Å². The Morgan fingerprint density at radius 1 is 1.18 bits per heavy atom. The van der Waals surface area contributed by atoms with Gasteiger partial charge in [0.15, 0.2) is 0 Å². The van der Waals surface area contributed by atoms with Gasteiger partial charge in [-0.15, -0.1) is 0 Å². The fourth-order valence-electron chi connectivity index (χ4n) is 2.28. The first kappa shape index (κ1) is 17.0. The minimum absolute atomic E-state index is 0.0161. The normalized spacial score (nSPS) is 20.7. The van der Waals surface area contributed by atoms with Crippen molar-refractivity contribution in [1.82, 2.24) is 0 Å². The SMILES string of the molecule is CC1(C)OB(C(CF)CC(=O)Nc2ccccc2)OC1(C)C. The van der Waals surface area contributed by atoms with Crippen molar-refractivity contribution in [3.8, 4) is 0 Å². The molecule has 0 aliphatic carbocycles. The van der Waals surface area contributed by atoms with Crippen molar-refractivity contribution in [3.63, 3.8) is 0 Å². The van der Waals surface area contributed by atoms with Gasteiger partial charge in [0.05, 0.1) is 17.9 Å². The van der Waals surface area contributed by atoms with Crippen LogP contribution >= 0.6 is 0 Å². The van der Waals surface area contributed by atoms with Gasteiger partial charge in [0.1, 0.15) is 0 Å². The molecule has 0 aromatic heterocycles. The lowest BCUT2D eigenvalue weighted by Crippen LogP contribution is -2.41. The van der Waals surface area contributed by atoms with E-state index >= 15 is 0 Å². The molecule has 2 rings (SSSR count). The summed E-state index contributed by atoms with van der Waals surface area (Å²) in [6.07, 6.45) is 0.0161. The van der Waals surface area contributed by atoms with Gasteiger partial charge in [-0.3, -0.25) is 9.18 Å². The quantitative estimate of drug-likeness (QED) is 0.848. The van der Waals surface area contributed by atoms with E-state index < -0.39 is 30.8 Å². The van der Waals surface area contributed by atoms with Crippen LogP contribution in [0.2, 0.25) is 5.82 Å². The Kier molecular flexibility index (Phi) is 4.92. The van der Waals surface area contributed by atoms with Gasteiger partial charge in [0.2, 0.25) is 5.91 Å². The lowest BCUT2D eigenvalue weighted by molar-refractivity contribution is -0.116. The molecule has 6 heteroatoms. The Morgan fingerprint density at radius 2 is 1.73 bits per heavy atom. The maximum Gasteiger partial charge on any atom is 0.464 e. The lowest BCUT2D eigenvalue weighted by Gasteiger charge is -2.32. The van der Waals surface area contributed by atoms with Gasteiger partial charge < -0.3 is 14.6 Å². The number of carbonyl (C=O) groups is 1. The Hall–Kier alpha value is -1.40. The number of hydrogen-bond donors (Lipinski definition) is 1. The van der Waals surface area contributed by atoms with Crippen molar-refractivity contribution in [2.45, 2.75) is 51.1 Å². The highest BCUT2D eigenvalue weighted by molar-refractivity contribution is 6.48. The molecule has 1 aromatic rings. The number of para-hydroxylation sites is 1. The zero-order valence-corrected chi connectivity index (χ0v) is 13.6. The summed E-state index contributed by atoms with van der Waals surface area (Å²) in [5.74, 6) is -0.867. The van der Waals surface area contributed by atoms with E-state index in [-0.39, 0.29) is 12.3 Å². The molecular formula is C16H23BFNO3. The first-order valence-corrected chi connectivity index (χ1v) is 7.52. The predicted octanol–water partition coefficient (Wildman–Crippen LogP) is 3.45. The van der Waals surface area contributed by atoms with Crippen LogP contribution in [0.5, 0.6) is 0 Å². The molecule has 22 heavy (non-hydrogen) atoms. The molecule has 0 radical (unpaired) electrons. The number of benzene rings is 1. The maximum absolute atomic E-state index is 13.4. The molecule has 1 fully saturated rings. The number of anilines is 1. The molecule has 1 aliphatic heterocycles. The monoisotopic (exact) mass is 307 g/mol. The molecule has 0 bridgehead atoms. The summed E-state index contributed by atoms with van der Waals surface area (Å²) in [4.78, 5) is 12.1. The van der Waals surface area contributed by atoms with Crippen LogP contribution < -0.4 is 5.32 Å². The van der Waals surface area contributed by atoms with E-state index in [4.69, 9.17) is 9.31 Å². The average molecular weight is 307 g/mol. The van der Waals surface area contributed by atoms with E-state index in [2.05, 4.69) is 5.32 Å². The Balaban J connectivity index is 1.97. The number of rotatable bonds is 5. The number of hydrogen-bond acceptors (Lipinski definition) is 3. The molecule has 4 nitrogen and oxygen atoms in total. The second-order valence-corrected chi connectivity index (χ2v) is 6.66. The lowest BCUT2D eigenvalue weighted by atomic mass is 9.70. The highest BCUT2D eigenvalue weighted by Gasteiger charge is 2.53. The molecule has 1 amide bonds. The zero-order valence-electron chi connectivity index (χ0n) is 13.6. The molecule has 120 valence electrons. The van der Waals surface area contributed by atoms with Crippen molar-refractivity contribution in [2.24, 2.45) is 0 Å². The van der Waals surface area contributed by atoms with Crippen molar-refractivity contribution in [3.05, 3.63) is 30.3 Å². The second kappa shape index (κ2) is 6.38. The number of carbonyl (C=O) groups excluding carboxylic acids is 1. The van der Waals surface area contributed by atoms with Crippen LogP contribution in [-0.4, -0.2) is 30.9 Å². The summed E-state index contributed by atoms with van der Waals surface area (Å²) in [5, 5.41) is 2.75. The minimum atomic E-state index is -0.712. The smallest absolute Gasteiger partial charge is 0.403 e. The molecule has 1 aromatic carbocycles. The van der Waals surface area contributed by atoms with E-state index in [1.807, 2.05) is 45.9 Å². The molecule has 1 unspecified atom stereocenters. The first-order valence-electron chi connectivity index (χ1n) is 7.52. The number of halogens is 1. The largest absolute Gasteiger partial charge is 0.464 e. The predicted molar refractivity (Wildman–Crippen MR) is 85.5 cm³/mol. The Labute approximate surface area is 131 Å². The van der Waals surface area contributed by atoms with E-state index in [9.17, 15) is 9.18 Å². The summed E-state index contributed by atoms with van der Waals surface area (Å²) in [5.41, 5.74) is -0.360. The van der Waals surface area contributed by atoms with Gasteiger partial charge in [-0.05, 0) is 39.8 Å². The first-order chi connectivity index (χ1) is 10.2. The highest BCUT2D eigenvalue weighted by Crippen LogP contribution is 2.40. The summed E-state index contributed by atoms with van der Waals surface area (Å²) in [6.45, 7) is 6.97. The van der Waals surface area contributed by atoms with Gasteiger partial charge in [-0.25, -0.2) is 0 Å². The third-order valence-corrected chi connectivity index (χ3v) is 4.36. The summed E-state index contributed by atoms with van der Waals surface area (Å²) < 4.78 is 25.0. The summed E-state index contributed by atoms with van der Waals surface area (Å²) in [7, 11) is -0.712. The van der Waals surface area contributed by atoms with E-state index in [0.29, 0.717) is 5.69 Å². The van der Waals surface area contributed by atoms with Crippen molar-refractivity contribution in [2.75, 3.05) is 12.0 Å². The standard InChI is InChI=1S/C16H23BFNO3/c1-15(2)16(3,4)22-17(21-15)12(11-18)10-14(20)19-13-8-6-5-7-9-13/h5-9,12H,10-11H2,1-4H3,(H,19,20). The number of amides is 1. The van der Waals surface area contributed by atoms with Crippen molar-refractivity contribution >= 4 is 18.7 Å². The molecule has 0 spiro atoms. The number of alkyl halides is 1. The average Bonchev–Trinajstić information content (AvgIpc) is 2.65. The van der Waals surface area contributed by atoms with Crippen LogP contribution in [0, 0.1) is 0 Å². The van der Waals surface area contributed by atoms with E-state index in [1.165, 1.54) is 0 Å². The molecule has 0 saturated carbocycles. The Morgan fingerprint density at radius 3 is 2.23 bits per heavy atom. The third kappa shape index (κ3) is 3.68. The summed E-state index contributed by atoms with van der Waals surface area (Å²) in [6, 6.07) is 9.10. The van der Waals surface area contributed by atoms with Crippen LogP contribution in [0.25, 0.3) is 0 Å². The molecule has 1 aliphatic rings. The number of nitrogens with one attached hydrogen (secondary N) is 1. The van der Waals surface area contributed by atoms with Gasteiger partial charge in [-0.2, -0.15) is 0 Å². The molecule has 1 saturated heterocycles. The highest BCUT2D eigenvalue weighted by atomic mass is 19.1. The van der Waals surface area contributed by atoms with E-state index in [1.54, 1.807) is 12.1 Å². The van der Waals surface area contributed by atoms with Crippen molar-refractivity contribution < 1.29 is 18.5 Å². The van der Waals surface area contributed by atoms with Crippen LogP contribution in [0.1, 0.15) is 34.1 Å². The minimum Gasteiger partial charge on any atom is -0.403 e. The van der Waals surface area contributed by atoms with Crippen LogP contribution in [-0.2, 0) is 14.1 Å². The zero-order chi connectivity index (χ0) is 16.4. The van der Waals surface area contributed by atoms with Crippen LogP contribution in [0.3, 0.4) is 0 Å². The second-order valence-electron chi connectivity index (χ2n) is 6.66. The van der Waals surface area contributed by atoms with E-state index in [0.717, 1.165) is 0 Å². The van der Waals surface area contributed by atoms with Gasteiger partial charge in [0.25, 0.3) is 0 Å². The molecule has 1 heterocycles. The molecule has 1 N–H and O–H groups in total. The van der Waals surface area contributed by atoms with Gasteiger partial charge >= 0.3 is 7.12 Å². The third-order valence-electron chi connectivity index (χ3n) is 4.36. The fraction of sp³-hybridized carbons (Fsp3) is 0.562. The Bertz CT molecular complexity index is 505. The molecule has 1 atom stereocenters. The summed E-state index contributed by atoms with van der Waals surface area (Å²) >= 11 is 0. The van der Waals surface area contributed by atoms with Gasteiger partial charge in [-0.1, -0.05) is 18.2 Å². The van der Waals surface area contributed by atoms with Crippen molar-refractivity contribution in [1.29, 1.82) is 0 Å². The maximum atomic E-state index is 13.4.